The average molecular weight is 409 g/mol. The zero-order chi connectivity index (χ0) is 21.8. The summed E-state index contributed by atoms with van der Waals surface area (Å²) in [7, 11) is 1.26. The van der Waals surface area contributed by atoms with Gasteiger partial charge in [0.15, 0.2) is 0 Å². The van der Waals surface area contributed by atoms with Crippen LogP contribution in [-0.2, 0) is 9.53 Å². The van der Waals surface area contributed by atoms with Crippen molar-refractivity contribution in [2.45, 2.75) is 32.4 Å². The second-order valence-corrected chi connectivity index (χ2v) is 7.29. The molecule has 0 spiro atoms. The van der Waals surface area contributed by atoms with E-state index in [2.05, 4.69) is 4.74 Å². The van der Waals surface area contributed by atoms with Gasteiger partial charge >= 0.3 is 5.97 Å². The Balaban J connectivity index is 2.31. The first-order valence-electron chi connectivity index (χ1n) is 9.69. The standard InChI is InChI=1S/C24H24FNO4/c1-15(2)26-23(16-8-10-17(25)11-9-16)20(13-12-18(27)14-22(28)30-3)19-6-4-5-7-21(19)24(26)29/h4-13,15,18,27H,14H2,1-3H3/b13-12+. The molecule has 0 aliphatic rings. The molecule has 1 heterocycles. The number of rotatable bonds is 6. The Morgan fingerprint density at radius 1 is 1.13 bits per heavy atom. The Morgan fingerprint density at radius 3 is 2.37 bits per heavy atom. The molecule has 0 saturated carbocycles. The van der Waals surface area contributed by atoms with E-state index in [0.717, 1.165) is 0 Å². The molecule has 3 rings (SSSR count). The van der Waals surface area contributed by atoms with Gasteiger partial charge in [-0.25, -0.2) is 4.39 Å². The van der Waals surface area contributed by atoms with Crippen molar-refractivity contribution in [3.05, 3.63) is 76.3 Å². The second-order valence-electron chi connectivity index (χ2n) is 7.29. The highest BCUT2D eigenvalue weighted by Crippen LogP contribution is 2.32. The Bertz CT molecular complexity index is 1150. The fourth-order valence-electron chi connectivity index (χ4n) is 3.49. The number of hydrogen-bond acceptors (Lipinski definition) is 4. The number of fused-ring (bicyclic) bond motifs is 1. The Kier molecular flexibility index (Phi) is 6.47. The van der Waals surface area contributed by atoms with Crippen molar-refractivity contribution in [2.75, 3.05) is 7.11 Å². The minimum atomic E-state index is -1.04. The SMILES string of the molecule is COC(=O)CC(O)/C=C/c1c(-c2ccc(F)cc2)n(C(C)C)c(=O)c2ccccc12. The van der Waals surface area contributed by atoms with E-state index in [1.807, 2.05) is 26.0 Å². The van der Waals surface area contributed by atoms with Gasteiger partial charge in [0.05, 0.1) is 25.3 Å². The van der Waals surface area contributed by atoms with Crippen LogP contribution in [0.2, 0.25) is 0 Å². The first-order chi connectivity index (χ1) is 14.3. The van der Waals surface area contributed by atoms with Gasteiger partial charge in [-0.15, -0.1) is 0 Å². The van der Waals surface area contributed by atoms with Crippen LogP contribution < -0.4 is 5.56 Å². The summed E-state index contributed by atoms with van der Waals surface area (Å²) in [5.41, 5.74) is 1.85. The number of benzene rings is 2. The molecule has 0 aliphatic heterocycles. The highest BCUT2D eigenvalue weighted by atomic mass is 19.1. The molecule has 0 radical (unpaired) electrons. The molecule has 2 aromatic carbocycles. The van der Waals surface area contributed by atoms with E-state index in [1.54, 1.807) is 34.9 Å². The van der Waals surface area contributed by atoms with E-state index in [-0.39, 0.29) is 23.8 Å². The van der Waals surface area contributed by atoms with Gasteiger partial charge in [0.2, 0.25) is 0 Å². The lowest BCUT2D eigenvalue weighted by atomic mass is 9.97. The molecular weight excluding hydrogens is 385 g/mol. The van der Waals surface area contributed by atoms with Crippen molar-refractivity contribution in [3.63, 3.8) is 0 Å². The average Bonchev–Trinajstić information content (AvgIpc) is 2.73. The van der Waals surface area contributed by atoms with E-state index in [1.165, 1.54) is 25.3 Å². The van der Waals surface area contributed by atoms with Crippen molar-refractivity contribution >= 4 is 22.8 Å². The van der Waals surface area contributed by atoms with Gasteiger partial charge in [-0.3, -0.25) is 9.59 Å². The molecule has 3 aromatic rings. The maximum Gasteiger partial charge on any atom is 0.308 e. The number of esters is 1. The largest absolute Gasteiger partial charge is 0.469 e. The summed E-state index contributed by atoms with van der Waals surface area (Å²) >= 11 is 0. The fourth-order valence-corrected chi connectivity index (χ4v) is 3.49. The highest BCUT2D eigenvalue weighted by molar-refractivity contribution is 5.95. The first-order valence-corrected chi connectivity index (χ1v) is 9.69. The van der Waals surface area contributed by atoms with Crippen molar-refractivity contribution in [1.82, 2.24) is 4.57 Å². The van der Waals surface area contributed by atoms with Crippen LogP contribution in [0.5, 0.6) is 0 Å². The van der Waals surface area contributed by atoms with Gasteiger partial charge in [0.25, 0.3) is 5.56 Å². The van der Waals surface area contributed by atoms with Crippen molar-refractivity contribution in [2.24, 2.45) is 0 Å². The molecule has 0 amide bonds. The Morgan fingerprint density at radius 2 is 1.77 bits per heavy atom. The van der Waals surface area contributed by atoms with Crippen molar-refractivity contribution < 1.29 is 19.0 Å². The topological polar surface area (TPSA) is 68.5 Å². The normalized spacial score (nSPS) is 12.6. The maximum atomic E-state index is 13.5. The molecule has 30 heavy (non-hydrogen) atoms. The smallest absolute Gasteiger partial charge is 0.308 e. The first kappa shape index (κ1) is 21.5. The quantitative estimate of drug-likeness (QED) is 0.616. The Hall–Kier alpha value is -3.25. The van der Waals surface area contributed by atoms with E-state index < -0.39 is 12.1 Å². The number of nitrogens with zero attached hydrogens (tertiary/aromatic N) is 1. The summed E-state index contributed by atoms with van der Waals surface area (Å²) in [6.07, 6.45) is 1.98. The molecule has 0 fully saturated rings. The molecule has 1 unspecified atom stereocenters. The van der Waals surface area contributed by atoms with E-state index in [9.17, 15) is 19.1 Å². The van der Waals surface area contributed by atoms with Crippen LogP contribution in [0.15, 0.2) is 59.4 Å². The molecule has 0 saturated heterocycles. The summed E-state index contributed by atoms with van der Waals surface area (Å²) in [5.74, 6) is -0.897. The summed E-state index contributed by atoms with van der Waals surface area (Å²) in [6.45, 7) is 3.81. The van der Waals surface area contributed by atoms with E-state index in [4.69, 9.17) is 0 Å². The minimum absolute atomic E-state index is 0.146. The lowest BCUT2D eigenvalue weighted by molar-refractivity contribution is -0.142. The number of carbonyl (C=O) groups excluding carboxylic acids is 1. The third-order valence-electron chi connectivity index (χ3n) is 4.89. The van der Waals surface area contributed by atoms with Gasteiger partial charge in [0, 0.05) is 17.0 Å². The third-order valence-corrected chi connectivity index (χ3v) is 4.89. The summed E-state index contributed by atoms with van der Waals surface area (Å²) in [5, 5.41) is 11.5. The van der Waals surface area contributed by atoms with Gasteiger partial charge in [-0.2, -0.15) is 0 Å². The summed E-state index contributed by atoms with van der Waals surface area (Å²) < 4.78 is 19.8. The second kappa shape index (κ2) is 9.05. The number of methoxy groups -OCH3 is 1. The van der Waals surface area contributed by atoms with Crippen LogP contribution in [0.3, 0.4) is 0 Å². The molecule has 0 aliphatic carbocycles. The predicted molar refractivity (Wildman–Crippen MR) is 116 cm³/mol. The predicted octanol–water partition coefficient (Wildman–Crippen LogP) is 4.33. The fraction of sp³-hybridized carbons (Fsp3) is 0.250. The number of aliphatic hydroxyl groups is 1. The van der Waals surface area contributed by atoms with E-state index in [0.29, 0.717) is 27.6 Å². The number of pyridine rings is 1. The van der Waals surface area contributed by atoms with Gasteiger partial charge in [-0.05, 0) is 55.1 Å². The number of aliphatic hydroxyl groups excluding tert-OH is 1. The molecule has 5 nitrogen and oxygen atoms in total. The van der Waals surface area contributed by atoms with Crippen LogP contribution in [-0.4, -0.2) is 28.9 Å². The van der Waals surface area contributed by atoms with Crippen LogP contribution in [0.25, 0.3) is 28.1 Å². The molecular formula is C24H24FNO4. The minimum Gasteiger partial charge on any atom is -0.469 e. The number of hydrogen-bond donors (Lipinski definition) is 1. The van der Waals surface area contributed by atoms with Crippen LogP contribution in [0.4, 0.5) is 4.39 Å². The summed E-state index contributed by atoms with van der Waals surface area (Å²) in [4.78, 5) is 24.7. The number of aromatic nitrogens is 1. The van der Waals surface area contributed by atoms with Gasteiger partial charge < -0.3 is 14.4 Å². The number of carbonyl (C=O) groups is 1. The maximum absolute atomic E-state index is 13.5. The van der Waals surface area contributed by atoms with Crippen LogP contribution in [0.1, 0.15) is 31.9 Å². The zero-order valence-corrected chi connectivity index (χ0v) is 17.1. The lowest BCUT2D eigenvalue weighted by Gasteiger charge is -2.21. The van der Waals surface area contributed by atoms with Crippen LogP contribution in [0, 0.1) is 5.82 Å². The monoisotopic (exact) mass is 409 g/mol. The van der Waals surface area contributed by atoms with Gasteiger partial charge in [0.1, 0.15) is 5.82 Å². The Labute approximate surface area is 174 Å². The van der Waals surface area contributed by atoms with Crippen molar-refractivity contribution in [1.29, 1.82) is 0 Å². The van der Waals surface area contributed by atoms with Crippen LogP contribution >= 0.6 is 0 Å². The highest BCUT2D eigenvalue weighted by Gasteiger charge is 2.19. The zero-order valence-electron chi connectivity index (χ0n) is 17.1. The molecule has 1 N–H and O–H groups in total. The molecule has 0 bridgehead atoms. The number of ether oxygens (including phenoxy) is 1. The van der Waals surface area contributed by atoms with E-state index >= 15 is 0 Å². The number of halogens is 1. The van der Waals surface area contributed by atoms with Gasteiger partial charge in [-0.1, -0.05) is 30.4 Å². The third kappa shape index (κ3) is 4.33. The molecule has 1 atom stereocenters. The lowest BCUT2D eigenvalue weighted by Crippen LogP contribution is -2.25. The van der Waals surface area contributed by atoms with Crippen molar-refractivity contribution in [3.8, 4) is 11.3 Å². The molecule has 6 heteroatoms. The molecule has 156 valence electrons. The summed E-state index contributed by atoms with van der Waals surface area (Å²) in [6, 6.07) is 13.0. The molecule has 1 aromatic heterocycles.